The van der Waals surface area contributed by atoms with Crippen molar-refractivity contribution < 1.29 is 8.78 Å². The van der Waals surface area contributed by atoms with Crippen molar-refractivity contribution in [1.82, 2.24) is 0 Å². The van der Waals surface area contributed by atoms with Crippen molar-refractivity contribution in [1.29, 1.82) is 0 Å². The van der Waals surface area contributed by atoms with Crippen LogP contribution in [-0.4, -0.2) is 0 Å². The molecule has 0 spiro atoms. The smallest absolute Gasteiger partial charge is 0.263 e. The molecule has 0 radical (unpaired) electrons. The van der Waals surface area contributed by atoms with Crippen LogP contribution in [0, 0.1) is 6.92 Å². The van der Waals surface area contributed by atoms with Crippen LogP contribution in [-0.2, 0) is 6.54 Å². The van der Waals surface area contributed by atoms with Gasteiger partial charge in [0.25, 0.3) is 6.43 Å². The van der Waals surface area contributed by atoms with Crippen LogP contribution >= 0.6 is 23.2 Å². The third-order valence-electron chi connectivity index (χ3n) is 2.96. The number of anilines is 1. The Kier molecular flexibility index (Phi) is 4.84. The molecular formula is C15H13Cl2F2N. The molecule has 0 amide bonds. The van der Waals surface area contributed by atoms with E-state index in [0.29, 0.717) is 16.6 Å². The summed E-state index contributed by atoms with van der Waals surface area (Å²) in [4.78, 5) is 0. The average molecular weight is 316 g/mol. The lowest BCUT2D eigenvalue weighted by molar-refractivity contribution is 0.151. The van der Waals surface area contributed by atoms with E-state index in [-0.39, 0.29) is 5.56 Å². The zero-order chi connectivity index (χ0) is 14.7. The minimum Gasteiger partial charge on any atom is -0.380 e. The van der Waals surface area contributed by atoms with E-state index in [1.54, 1.807) is 24.3 Å². The first kappa shape index (κ1) is 15.1. The number of nitrogens with one attached hydrogen (secondary N) is 1. The maximum Gasteiger partial charge on any atom is 0.263 e. The summed E-state index contributed by atoms with van der Waals surface area (Å²) in [6.07, 6.45) is -2.44. The molecule has 2 aromatic carbocycles. The molecule has 0 bridgehead atoms. The van der Waals surface area contributed by atoms with Crippen molar-refractivity contribution >= 4 is 28.9 Å². The minimum absolute atomic E-state index is 0.0187. The van der Waals surface area contributed by atoms with Gasteiger partial charge in [-0.15, -0.1) is 0 Å². The molecule has 5 heteroatoms. The first-order valence-electron chi connectivity index (χ1n) is 6.04. The molecular weight excluding hydrogens is 303 g/mol. The highest BCUT2D eigenvalue weighted by Crippen LogP contribution is 2.29. The first-order valence-corrected chi connectivity index (χ1v) is 6.79. The van der Waals surface area contributed by atoms with E-state index < -0.39 is 6.43 Å². The number of benzene rings is 2. The van der Waals surface area contributed by atoms with Crippen LogP contribution in [0.5, 0.6) is 0 Å². The SMILES string of the molecule is Cc1cc(Cl)c(NCc2ccc(C(F)F)cc2)cc1Cl. The van der Waals surface area contributed by atoms with Gasteiger partial charge in [-0.1, -0.05) is 47.5 Å². The third-order valence-corrected chi connectivity index (χ3v) is 3.68. The summed E-state index contributed by atoms with van der Waals surface area (Å²) < 4.78 is 24.9. The maximum atomic E-state index is 12.4. The highest BCUT2D eigenvalue weighted by Gasteiger charge is 2.07. The van der Waals surface area contributed by atoms with Crippen LogP contribution in [0.2, 0.25) is 10.0 Å². The summed E-state index contributed by atoms with van der Waals surface area (Å²) >= 11 is 12.2. The Morgan fingerprint density at radius 1 is 1.05 bits per heavy atom. The fourth-order valence-corrected chi connectivity index (χ4v) is 2.21. The second-order valence-corrected chi connectivity index (χ2v) is 5.29. The Morgan fingerprint density at radius 3 is 2.30 bits per heavy atom. The van der Waals surface area contributed by atoms with E-state index in [0.717, 1.165) is 16.8 Å². The van der Waals surface area contributed by atoms with Crippen LogP contribution in [0.25, 0.3) is 0 Å². The van der Waals surface area contributed by atoms with Crippen LogP contribution < -0.4 is 5.32 Å². The highest BCUT2D eigenvalue weighted by atomic mass is 35.5. The Balaban J connectivity index is 2.07. The van der Waals surface area contributed by atoms with Gasteiger partial charge in [-0.25, -0.2) is 8.78 Å². The van der Waals surface area contributed by atoms with Crippen molar-refractivity contribution in [3.63, 3.8) is 0 Å². The largest absolute Gasteiger partial charge is 0.380 e. The molecule has 0 fully saturated rings. The molecule has 0 atom stereocenters. The van der Waals surface area contributed by atoms with Crippen LogP contribution in [0.15, 0.2) is 36.4 Å². The van der Waals surface area contributed by atoms with E-state index in [4.69, 9.17) is 23.2 Å². The zero-order valence-electron chi connectivity index (χ0n) is 10.8. The average Bonchev–Trinajstić information content (AvgIpc) is 2.42. The summed E-state index contributed by atoms with van der Waals surface area (Å²) in [7, 11) is 0. The van der Waals surface area contributed by atoms with E-state index in [9.17, 15) is 8.78 Å². The van der Waals surface area contributed by atoms with E-state index >= 15 is 0 Å². The lowest BCUT2D eigenvalue weighted by Gasteiger charge is -2.11. The summed E-state index contributed by atoms with van der Waals surface area (Å²) in [6.45, 7) is 2.36. The highest BCUT2D eigenvalue weighted by molar-refractivity contribution is 6.35. The van der Waals surface area contributed by atoms with Crippen LogP contribution in [0.4, 0.5) is 14.5 Å². The molecule has 2 rings (SSSR count). The number of hydrogen-bond acceptors (Lipinski definition) is 1. The molecule has 0 heterocycles. The number of rotatable bonds is 4. The van der Waals surface area contributed by atoms with Crippen LogP contribution in [0.3, 0.4) is 0 Å². The van der Waals surface area contributed by atoms with Crippen molar-refractivity contribution in [2.45, 2.75) is 19.9 Å². The molecule has 0 aromatic heterocycles. The van der Waals surface area contributed by atoms with E-state index in [1.807, 2.05) is 6.92 Å². The van der Waals surface area contributed by atoms with Gasteiger partial charge >= 0.3 is 0 Å². The van der Waals surface area contributed by atoms with Gasteiger partial charge in [0.15, 0.2) is 0 Å². The van der Waals surface area contributed by atoms with Gasteiger partial charge in [0.1, 0.15) is 0 Å². The van der Waals surface area contributed by atoms with E-state index in [1.165, 1.54) is 12.1 Å². The normalized spacial score (nSPS) is 10.9. The Labute approximate surface area is 126 Å². The molecule has 2 aromatic rings. The number of halogens is 4. The molecule has 0 aliphatic rings. The summed E-state index contributed by atoms with van der Waals surface area (Å²) in [5, 5.41) is 4.35. The van der Waals surface area contributed by atoms with Gasteiger partial charge in [0, 0.05) is 17.1 Å². The van der Waals surface area contributed by atoms with Crippen LogP contribution in [0.1, 0.15) is 23.1 Å². The molecule has 0 saturated heterocycles. The first-order chi connectivity index (χ1) is 9.47. The molecule has 0 unspecified atom stereocenters. The summed E-state index contributed by atoms with van der Waals surface area (Å²) in [5.74, 6) is 0. The van der Waals surface area contributed by atoms with Crippen molar-refractivity contribution in [2.24, 2.45) is 0 Å². The lowest BCUT2D eigenvalue weighted by Crippen LogP contribution is -2.00. The van der Waals surface area contributed by atoms with Gasteiger partial charge in [0.05, 0.1) is 10.7 Å². The third kappa shape index (κ3) is 3.62. The van der Waals surface area contributed by atoms with Crippen molar-refractivity contribution in [3.8, 4) is 0 Å². The number of hydrogen-bond donors (Lipinski definition) is 1. The predicted octanol–water partition coefficient (Wildman–Crippen LogP) is 5.85. The zero-order valence-corrected chi connectivity index (χ0v) is 12.3. The number of aryl methyl sites for hydroxylation is 1. The molecule has 106 valence electrons. The number of alkyl halides is 2. The Morgan fingerprint density at radius 2 is 1.70 bits per heavy atom. The van der Waals surface area contributed by atoms with Crippen molar-refractivity contribution in [2.75, 3.05) is 5.32 Å². The molecule has 1 nitrogen and oxygen atoms in total. The van der Waals surface area contributed by atoms with Gasteiger partial charge in [-0.2, -0.15) is 0 Å². The molecule has 0 saturated carbocycles. The Bertz CT molecular complexity index is 598. The fourth-order valence-electron chi connectivity index (χ4n) is 1.76. The van der Waals surface area contributed by atoms with Crippen molar-refractivity contribution in [3.05, 3.63) is 63.1 Å². The van der Waals surface area contributed by atoms with Gasteiger partial charge in [-0.3, -0.25) is 0 Å². The lowest BCUT2D eigenvalue weighted by atomic mass is 10.1. The van der Waals surface area contributed by atoms with Gasteiger partial charge in [-0.05, 0) is 30.2 Å². The second kappa shape index (κ2) is 6.42. The predicted molar refractivity (Wildman–Crippen MR) is 79.9 cm³/mol. The molecule has 1 N–H and O–H groups in total. The maximum absolute atomic E-state index is 12.4. The second-order valence-electron chi connectivity index (χ2n) is 4.48. The fraction of sp³-hybridized carbons (Fsp3) is 0.200. The topological polar surface area (TPSA) is 12.0 Å². The van der Waals surface area contributed by atoms with E-state index in [2.05, 4.69) is 5.32 Å². The molecule has 0 aliphatic carbocycles. The standard InChI is InChI=1S/C15H13Cl2F2N/c1-9-6-13(17)14(7-12(9)16)20-8-10-2-4-11(5-3-10)15(18)19/h2-7,15,20H,8H2,1H3. The minimum atomic E-state index is -2.44. The summed E-state index contributed by atoms with van der Waals surface area (Å²) in [6, 6.07) is 9.71. The van der Waals surface area contributed by atoms with Gasteiger partial charge in [0.2, 0.25) is 0 Å². The van der Waals surface area contributed by atoms with Gasteiger partial charge < -0.3 is 5.32 Å². The Hall–Kier alpha value is -1.32. The summed E-state index contributed by atoms with van der Waals surface area (Å²) in [5.41, 5.74) is 2.54. The molecule has 20 heavy (non-hydrogen) atoms. The quantitative estimate of drug-likeness (QED) is 0.746. The monoisotopic (exact) mass is 315 g/mol. The molecule has 0 aliphatic heterocycles.